The van der Waals surface area contributed by atoms with Gasteiger partial charge in [0.2, 0.25) is 0 Å². The van der Waals surface area contributed by atoms with Crippen LogP contribution in [0.2, 0.25) is 0 Å². The van der Waals surface area contributed by atoms with Gasteiger partial charge in [0.25, 0.3) is 5.91 Å². The number of nitrogens with zero attached hydrogens (tertiary/aromatic N) is 2. The van der Waals surface area contributed by atoms with E-state index >= 15 is 0 Å². The van der Waals surface area contributed by atoms with Crippen molar-refractivity contribution in [2.24, 2.45) is 4.99 Å². The van der Waals surface area contributed by atoms with E-state index in [1.165, 1.54) is 11.3 Å². The van der Waals surface area contributed by atoms with E-state index in [-0.39, 0.29) is 18.4 Å². The average Bonchev–Trinajstić information content (AvgIpc) is 2.97. The molecule has 3 rings (SSSR count). The Hall–Kier alpha value is -1.90. The van der Waals surface area contributed by atoms with Crippen LogP contribution in [0.1, 0.15) is 31.1 Å². The average molecular weight is 493 g/mol. The van der Waals surface area contributed by atoms with Crippen molar-refractivity contribution in [3.63, 3.8) is 0 Å². The summed E-state index contributed by atoms with van der Waals surface area (Å²) in [5.41, 5.74) is 1.36. The normalized spacial score (nSPS) is 12.0. The molecule has 152 valence electrons. The monoisotopic (exact) mass is 492 g/mol. The van der Waals surface area contributed by atoms with Gasteiger partial charge in [0.1, 0.15) is 6.54 Å². The number of hydrogen-bond donors (Lipinski definition) is 0. The third kappa shape index (κ3) is 5.58. The predicted octanol–water partition coefficient (Wildman–Crippen LogP) is 5.27. The van der Waals surface area contributed by atoms with Crippen LogP contribution in [0.4, 0.5) is 0 Å². The van der Waals surface area contributed by atoms with Gasteiger partial charge >= 0.3 is 5.97 Å². The van der Waals surface area contributed by atoms with Gasteiger partial charge in [-0.1, -0.05) is 47.2 Å². The lowest BCUT2D eigenvalue weighted by Crippen LogP contribution is -2.23. The van der Waals surface area contributed by atoms with Crippen LogP contribution in [0.25, 0.3) is 10.2 Å². The highest BCUT2D eigenvalue weighted by Crippen LogP contribution is 2.24. The quantitative estimate of drug-likeness (QED) is 0.347. The molecule has 0 aliphatic heterocycles. The van der Waals surface area contributed by atoms with E-state index in [0.29, 0.717) is 22.2 Å². The van der Waals surface area contributed by atoms with Gasteiger partial charge in [0, 0.05) is 20.2 Å². The molecule has 0 fully saturated rings. The lowest BCUT2D eigenvalue weighted by Gasteiger charge is -2.06. The highest BCUT2D eigenvalue weighted by molar-refractivity contribution is 9.10. The van der Waals surface area contributed by atoms with Crippen molar-refractivity contribution in [2.75, 3.05) is 6.61 Å². The fourth-order valence-electron chi connectivity index (χ4n) is 2.75. The molecule has 3 aromatic rings. The SMILES string of the molecule is CCOC(=O)Cn1c(=NC(=O)c2cccc(SC(C)C)c2)sc2cc(Br)ccc21. The van der Waals surface area contributed by atoms with Crippen LogP contribution in [-0.4, -0.2) is 28.3 Å². The Morgan fingerprint density at radius 1 is 1.24 bits per heavy atom. The van der Waals surface area contributed by atoms with E-state index in [9.17, 15) is 9.59 Å². The van der Waals surface area contributed by atoms with Crippen LogP contribution in [-0.2, 0) is 16.1 Å². The summed E-state index contributed by atoms with van der Waals surface area (Å²) in [7, 11) is 0. The number of thioether (sulfide) groups is 1. The summed E-state index contributed by atoms with van der Waals surface area (Å²) < 4.78 is 8.67. The molecule has 1 heterocycles. The minimum atomic E-state index is -0.362. The van der Waals surface area contributed by atoms with Crippen LogP contribution in [0.5, 0.6) is 0 Å². The Balaban J connectivity index is 2.04. The zero-order valence-corrected chi connectivity index (χ0v) is 19.6. The zero-order valence-electron chi connectivity index (χ0n) is 16.3. The summed E-state index contributed by atoms with van der Waals surface area (Å²) in [4.78, 5) is 30.8. The topological polar surface area (TPSA) is 60.7 Å². The number of rotatable bonds is 6. The molecule has 0 unspecified atom stereocenters. The summed E-state index contributed by atoms with van der Waals surface area (Å²) in [6.07, 6.45) is 0. The number of fused-ring (bicyclic) bond motifs is 1. The summed E-state index contributed by atoms with van der Waals surface area (Å²) in [6.45, 7) is 6.29. The van der Waals surface area contributed by atoms with Crippen molar-refractivity contribution in [3.8, 4) is 0 Å². The molecule has 0 saturated heterocycles. The first kappa shape index (κ1) is 21.8. The Morgan fingerprint density at radius 3 is 2.76 bits per heavy atom. The first-order valence-corrected chi connectivity index (χ1v) is 11.7. The standard InChI is InChI=1S/C21H21BrN2O3S2/c1-4-27-19(25)12-24-17-9-8-15(22)11-18(17)29-21(24)23-20(26)14-6-5-7-16(10-14)28-13(2)3/h5-11,13H,4,12H2,1-3H3. The van der Waals surface area contributed by atoms with Crippen molar-refractivity contribution in [3.05, 3.63) is 57.3 Å². The Bertz CT molecular complexity index is 1120. The molecule has 0 radical (unpaired) electrons. The molecule has 1 amide bonds. The zero-order chi connectivity index (χ0) is 21.0. The fraction of sp³-hybridized carbons (Fsp3) is 0.286. The van der Waals surface area contributed by atoms with E-state index < -0.39 is 0 Å². The number of thiazole rings is 1. The van der Waals surface area contributed by atoms with E-state index in [2.05, 4.69) is 34.8 Å². The lowest BCUT2D eigenvalue weighted by molar-refractivity contribution is -0.143. The Labute approximate surface area is 185 Å². The molecule has 1 aromatic heterocycles. The first-order valence-electron chi connectivity index (χ1n) is 9.17. The second-order valence-electron chi connectivity index (χ2n) is 6.50. The Kier molecular flexibility index (Phi) is 7.32. The molecule has 5 nitrogen and oxygen atoms in total. The fourth-order valence-corrected chi connectivity index (χ4v) is 5.22. The second kappa shape index (κ2) is 9.73. The lowest BCUT2D eigenvalue weighted by atomic mass is 10.2. The first-order chi connectivity index (χ1) is 13.9. The minimum absolute atomic E-state index is 0.00479. The smallest absolute Gasteiger partial charge is 0.326 e. The number of hydrogen-bond acceptors (Lipinski definition) is 5. The molecule has 0 bridgehead atoms. The molecule has 0 aliphatic rings. The van der Waals surface area contributed by atoms with Crippen molar-refractivity contribution in [1.82, 2.24) is 4.57 Å². The van der Waals surface area contributed by atoms with Crippen LogP contribution in [0.3, 0.4) is 0 Å². The summed E-state index contributed by atoms with van der Waals surface area (Å²) >= 11 is 6.53. The molecule has 0 N–H and O–H groups in total. The van der Waals surface area contributed by atoms with E-state index in [1.807, 2.05) is 36.4 Å². The van der Waals surface area contributed by atoms with Crippen LogP contribution in [0.15, 0.2) is 56.8 Å². The molecule has 2 aromatic carbocycles. The van der Waals surface area contributed by atoms with Gasteiger partial charge in [-0.15, -0.1) is 11.8 Å². The maximum Gasteiger partial charge on any atom is 0.326 e. The van der Waals surface area contributed by atoms with Gasteiger partial charge in [-0.2, -0.15) is 4.99 Å². The minimum Gasteiger partial charge on any atom is -0.465 e. The van der Waals surface area contributed by atoms with Gasteiger partial charge < -0.3 is 9.30 Å². The summed E-state index contributed by atoms with van der Waals surface area (Å²) in [5.74, 6) is -0.696. The summed E-state index contributed by atoms with van der Waals surface area (Å²) in [5, 5.41) is 0.421. The molecule has 8 heteroatoms. The second-order valence-corrected chi connectivity index (χ2v) is 10.1. The number of benzene rings is 2. The maximum atomic E-state index is 12.9. The van der Waals surface area contributed by atoms with Gasteiger partial charge in [0.05, 0.1) is 16.8 Å². The van der Waals surface area contributed by atoms with Crippen LogP contribution >= 0.6 is 39.0 Å². The van der Waals surface area contributed by atoms with Gasteiger partial charge in [0.15, 0.2) is 4.80 Å². The van der Waals surface area contributed by atoms with Crippen LogP contribution < -0.4 is 4.80 Å². The third-order valence-corrected chi connectivity index (χ3v) is 6.42. The maximum absolute atomic E-state index is 12.9. The number of ether oxygens (including phenoxy) is 1. The molecule has 0 saturated carbocycles. The summed E-state index contributed by atoms with van der Waals surface area (Å²) in [6, 6.07) is 13.2. The van der Waals surface area contributed by atoms with E-state index in [4.69, 9.17) is 4.74 Å². The van der Waals surface area contributed by atoms with Crippen molar-refractivity contribution >= 4 is 61.1 Å². The number of carbonyl (C=O) groups is 2. The third-order valence-electron chi connectivity index (χ3n) is 3.89. The Morgan fingerprint density at radius 2 is 2.03 bits per heavy atom. The largest absolute Gasteiger partial charge is 0.465 e. The molecule has 0 spiro atoms. The number of halogens is 1. The molecule has 0 atom stereocenters. The van der Waals surface area contributed by atoms with Gasteiger partial charge in [-0.25, -0.2) is 0 Å². The predicted molar refractivity (Wildman–Crippen MR) is 121 cm³/mol. The molecular weight excluding hydrogens is 472 g/mol. The van der Waals surface area contributed by atoms with Crippen molar-refractivity contribution in [2.45, 2.75) is 37.5 Å². The van der Waals surface area contributed by atoms with Crippen molar-refractivity contribution < 1.29 is 14.3 Å². The molecule has 0 aliphatic carbocycles. The highest BCUT2D eigenvalue weighted by Gasteiger charge is 2.13. The molecule has 29 heavy (non-hydrogen) atoms. The molecular formula is C21H21BrN2O3S2. The van der Waals surface area contributed by atoms with E-state index in [1.54, 1.807) is 29.3 Å². The van der Waals surface area contributed by atoms with Gasteiger partial charge in [-0.05, 0) is 43.3 Å². The highest BCUT2D eigenvalue weighted by atomic mass is 79.9. The van der Waals surface area contributed by atoms with E-state index in [0.717, 1.165) is 19.6 Å². The number of amides is 1. The van der Waals surface area contributed by atoms with Crippen LogP contribution in [0, 0.1) is 0 Å². The number of esters is 1. The number of carbonyl (C=O) groups excluding carboxylic acids is 2. The van der Waals surface area contributed by atoms with Crippen molar-refractivity contribution in [1.29, 1.82) is 0 Å². The number of aromatic nitrogens is 1. The van der Waals surface area contributed by atoms with Gasteiger partial charge in [-0.3, -0.25) is 9.59 Å².